The van der Waals surface area contributed by atoms with Gasteiger partial charge in [-0.25, -0.2) is 0 Å². The van der Waals surface area contributed by atoms with Crippen molar-refractivity contribution in [2.45, 2.75) is 26.7 Å². The molecule has 0 bridgehead atoms. The first-order chi connectivity index (χ1) is 15.2. The molecule has 0 spiro atoms. The van der Waals surface area contributed by atoms with Crippen molar-refractivity contribution in [3.05, 3.63) is 86.8 Å². The fraction of sp³-hybridized carbons (Fsp3) is 0.240. The van der Waals surface area contributed by atoms with Crippen molar-refractivity contribution in [3.63, 3.8) is 0 Å². The molecule has 3 aromatic rings. The van der Waals surface area contributed by atoms with Crippen LogP contribution in [0.15, 0.2) is 59.5 Å². The minimum atomic E-state index is -0.580. The largest absolute Gasteiger partial charge is 0.495 e. The molecule has 2 aromatic carbocycles. The summed E-state index contributed by atoms with van der Waals surface area (Å²) in [7, 11) is 1.50. The van der Waals surface area contributed by atoms with Crippen molar-refractivity contribution in [2.75, 3.05) is 12.4 Å². The molecule has 0 unspecified atom stereocenters. The van der Waals surface area contributed by atoms with E-state index in [4.69, 9.17) is 16.3 Å². The first-order valence-electron chi connectivity index (χ1n) is 10.2. The number of benzene rings is 2. The summed E-state index contributed by atoms with van der Waals surface area (Å²) in [6.07, 6.45) is 2.36. The summed E-state index contributed by atoms with van der Waals surface area (Å²) in [5.74, 6) is -0.189. The van der Waals surface area contributed by atoms with Gasteiger partial charge in [-0.05, 0) is 47.7 Å². The lowest BCUT2D eigenvalue weighted by molar-refractivity contribution is 0.0910. The third-order valence-electron chi connectivity index (χ3n) is 5.58. The van der Waals surface area contributed by atoms with Crippen LogP contribution in [0.4, 0.5) is 5.69 Å². The predicted molar refractivity (Wildman–Crippen MR) is 124 cm³/mol. The molecular weight excluding hydrogens is 428 g/mol. The zero-order valence-corrected chi connectivity index (χ0v) is 18.8. The Morgan fingerprint density at radius 1 is 1.09 bits per heavy atom. The van der Waals surface area contributed by atoms with Gasteiger partial charge in [0.1, 0.15) is 11.3 Å². The highest BCUT2D eigenvalue weighted by molar-refractivity contribution is 6.32. The molecule has 1 N–H and O–H groups in total. The Morgan fingerprint density at radius 2 is 1.81 bits per heavy atom. The van der Waals surface area contributed by atoms with Gasteiger partial charge in [0.25, 0.3) is 11.5 Å². The molecular formula is C25H23ClN2O4. The predicted octanol–water partition coefficient (Wildman–Crippen LogP) is 4.91. The second-order valence-corrected chi connectivity index (χ2v) is 9.06. The number of nitrogens with zero attached hydrogens (tertiary/aromatic N) is 1. The third-order valence-corrected chi connectivity index (χ3v) is 5.88. The summed E-state index contributed by atoms with van der Waals surface area (Å²) >= 11 is 6.18. The van der Waals surface area contributed by atoms with Gasteiger partial charge >= 0.3 is 0 Å². The van der Waals surface area contributed by atoms with Crippen molar-refractivity contribution >= 4 is 29.0 Å². The highest BCUT2D eigenvalue weighted by atomic mass is 35.5. The standard InChI is InChI=1S/C25H23ClN2O4/c1-25(2)12-17-18(20(29)13-25)14-28(16-7-5-4-6-8-16)24(31)22(17)23(30)27-15-9-10-21(32-3)19(26)11-15/h4-11,14H,12-13H2,1-3H3,(H,27,30). The minimum Gasteiger partial charge on any atom is -0.495 e. The average Bonchev–Trinajstić information content (AvgIpc) is 2.73. The van der Waals surface area contributed by atoms with Crippen LogP contribution in [-0.2, 0) is 6.42 Å². The zero-order chi connectivity index (χ0) is 23.0. The Morgan fingerprint density at radius 3 is 2.47 bits per heavy atom. The fourth-order valence-corrected chi connectivity index (χ4v) is 4.35. The Balaban J connectivity index is 1.87. The van der Waals surface area contributed by atoms with Crippen molar-refractivity contribution in [2.24, 2.45) is 5.41 Å². The van der Waals surface area contributed by atoms with Crippen molar-refractivity contribution in [3.8, 4) is 11.4 Å². The van der Waals surface area contributed by atoms with Crippen LogP contribution in [0.2, 0.25) is 5.02 Å². The fourth-order valence-electron chi connectivity index (χ4n) is 4.10. The summed E-state index contributed by atoms with van der Waals surface area (Å²) in [5, 5.41) is 3.09. The maximum atomic E-state index is 13.5. The smallest absolute Gasteiger partial charge is 0.268 e. The highest BCUT2D eigenvalue weighted by Crippen LogP contribution is 2.36. The van der Waals surface area contributed by atoms with Crippen LogP contribution >= 0.6 is 11.6 Å². The lowest BCUT2D eigenvalue weighted by atomic mass is 9.73. The van der Waals surface area contributed by atoms with E-state index in [9.17, 15) is 14.4 Å². The quantitative estimate of drug-likeness (QED) is 0.612. The third kappa shape index (κ3) is 4.06. The van der Waals surface area contributed by atoms with Crippen molar-refractivity contribution in [1.29, 1.82) is 0 Å². The molecule has 1 aromatic heterocycles. The molecule has 0 aliphatic heterocycles. The van der Waals surface area contributed by atoms with Gasteiger partial charge in [-0.1, -0.05) is 43.6 Å². The number of pyridine rings is 1. The van der Waals surface area contributed by atoms with Crippen molar-refractivity contribution < 1.29 is 14.3 Å². The van der Waals surface area contributed by atoms with Crippen LogP contribution in [0.3, 0.4) is 0 Å². The number of amides is 1. The number of carbonyl (C=O) groups is 2. The van der Waals surface area contributed by atoms with Gasteiger partial charge in [0, 0.05) is 29.6 Å². The molecule has 0 saturated carbocycles. The average molecular weight is 451 g/mol. The lowest BCUT2D eigenvalue weighted by Gasteiger charge is -2.31. The number of hydrogen-bond acceptors (Lipinski definition) is 4. The van der Waals surface area contributed by atoms with Crippen LogP contribution in [0.5, 0.6) is 5.75 Å². The van der Waals surface area contributed by atoms with E-state index in [1.807, 2.05) is 19.9 Å². The van der Waals surface area contributed by atoms with E-state index in [2.05, 4.69) is 5.32 Å². The molecule has 4 rings (SSSR count). The molecule has 7 heteroatoms. The number of anilines is 1. The number of ketones is 1. The number of ether oxygens (including phenoxy) is 1. The number of Topliss-reactive ketones (excluding diaryl/α,β-unsaturated/α-hetero) is 1. The molecule has 0 saturated heterocycles. The number of hydrogen-bond donors (Lipinski definition) is 1. The van der Waals surface area contributed by atoms with E-state index in [1.54, 1.807) is 48.7 Å². The number of halogens is 1. The molecule has 1 heterocycles. The number of rotatable bonds is 4. The van der Waals surface area contributed by atoms with E-state index in [-0.39, 0.29) is 16.8 Å². The summed E-state index contributed by atoms with van der Waals surface area (Å²) in [5.41, 5.74) is 1.04. The van der Waals surface area contributed by atoms with Crippen LogP contribution in [-0.4, -0.2) is 23.4 Å². The molecule has 0 fully saturated rings. The van der Waals surface area contributed by atoms with E-state index in [1.165, 1.54) is 11.7 Å². The van der Waals surface area contributed by atoms with Crippen LogP contribution in [0, 0.1) is 5.41 Å². The maximum absolute atomic E-state index is 13.5. The molecule has 1 aliphatic carbocycles. The number of carbonyl (C=O) groups excluding carboxylic acids is 2. The van der Waals surface area contributed by atoms with Crippen LogP contribution in [0.25, 0.3) is 5.69 Å². The maximum Gasteiger partial charge on any atom is 0.268 e. The van der Waals surface area contributed by atoms with Gasteiger partial charge in [0.05, 0.1) is 12.1 Å². The molecule has 6 nitrogen and oxygen atoms in total. The van der Waals surface area contributed by atoms with Gasteiger partial charge in [-0.2, -0.15) is 0 Å². The van der Waals surface area contributed by atoms with Gasteiger partial charge in [-0.3, -0.25) is 19.0 Å². The van der Waals surface area contributed by atoms with E-state index in [0.717, 1.165) is 0 Å². The Bertz CT molecular complexity index is 1280. The molecule has 164 valence electrons. The highest BCUT2D eigenvalue weighted by Gasteiger charge is 2.36. The molecule has 1 aliphatic rings. The Hall–Kier alpha value is -3.38. The second-order valence-electron chi connectivity index (χ2n) is 8.65. The second kappa shape index (κ2) is 8.28. The van der Waals surface area contributed by atoms with Crippen molar-refractivity contribution in [1.82, 2.24) is 4.57 Å². The summed E-state index contributed by atoms with van der Waals surface area (Å²) < 4.78 is 6.51. The monoisotopic (exact) mass is 450 g/mol. The number of aromatic nitrogens is 1. The summed E-state index contributed by atoms with van der Waals surface area (Å²) in [6.45, 7) is 3.92. The van der Waals surface area contributed by atoms with E-state index < -0.39 is 11.5 Å². The number of para-hydroxylation sites is 1. The Labute approximate surface area is 190 Å². The normalized spacial score (nSPS) is 14.6. The topological polar surface area (TPSA) is 77.4 Å². The SMILES string of the molecule is COc1ccc(NC(=O)c2c3c(cn(-c4ccccc4)c2=O)C(=O)CC(C)(C)C3)cc1Cl. The minimum absolute atomic E-state index is 0.0283. The summed E-state index contributed by atoms with van der Waals surface area (Å²) in [6, 6.07) is 13.8. The van der Waals surface area contributed by atoms with Crippen LogP contribution in [0.1, 0.15) is 46.5 Å². The number of nitrogens with one attached hydrogen (secondary N) is 1. The zero-order valence-electron chi connectivity index (χ0n) is 18.1. The number of methoxy groups -OCH3 is 1. The molecule has 0 atom stereocenters. The molecule has 32 heavy (non-hydrogen) atoms. The lowest BCUT2D eigenvalue weighted by Crippen LogP contribution is -2.37. The van der Waals surface area contributed by atoms with Gasteiger partial charge in [0.2, 0.25) is 0 Å². The molecule has 0 radical (unpaired) electrons. The van der Waals surface area contributed by atoms with Crippen LogP contribution < -0.4 is 15.6 Å². The van der Waals surface area contributed by atoms with E-state index >= 15 is 0 Å². The first-order valence-corrected chi connectivity index (χ1v) is 10.6. The Kier molecular flexibility index (Phi) is 5.65. The summed E-state index contributed by atoms with van der Waals surface area (Å²) in [4.78, 5) is 39.8. The van der Waals surface area contributed by atoms with E-state index in [0.29, 0.717) is 46.1 Å². The number of fused-ring (bicyclic) bond motifs is 1. The first kappa shape index (κ1) is 21.8. The van der Waals surface area contributed by atoms with Gasteiger partial charge in [-0.15, -0.1) is 0 Å². The van der Waals surface area contributed by atoms with Gasteiger partial charge < -0.3 is 10.1 Å². The van der Waals surface area contributed by atoms with Gasteiger partial charge in [0.15, 0.2) is 5.78 Å². The molecule has 1 amide bonds.